The molecule has 0 amide bonds. The van der Waals surface area contributed by atoms with E-state index in [2.05, 4.69) is 45.2 Å². The van der Waals surface area contributed by atoms with Crippen molar-refractivity contribution in [2.24, 2.45) is 10.9 Å². The van der Waals surface area contributed by atoms with Crippen LogP contribution in [-0.2, 0) is 4.79 Å². The highest BCUT2D eigenvalue weighted by Crippen LogP contribution is 2.42. The minimum absolute atomic E-state index is 0.0957. The standard InChI is InChI=1S/C18H16N4OS.C9H10N2S.C7H8N2O.C2H2Cl2O/c1-9-10(2)13-14(19)15(24-18(13)20-11(9)3)17-21-16(22-23-17)12-7-5-4-6-8-12;1-5-6(2)8(4-10)9(12)11-7(5)3;8-7(9-10)6-4-2-1-3-5-6;3-1-2(4)5/h4-8H,19H2,1-3H3;1-3H3,(H,11,12);1-5,10H,(H2,8,9);1H2. The van der Waals surface area contributed by atoms with Crippen molar-refractivity contribution < 1.29 is 14.5 Å². The van der Waals surface area contributed by atoms with Gasteiger partial charge in [-0.05, 0) is 75.4 Å². The molecule has 0 atom stereocenters. The number of oxime groups is 1. The van der Waals surface area contributed by atoms with Gasteiger partial charge in [0.1, 0.15) is 20.4 Å². The lowest BCUT2D eigenvalue weighted by Gasteiger charge is -2.05. The molecule has 0 bridgehead atoms. The first-order chi connectivity index (χ1) is 24.2. The van der Waals surface area contributed by atoms with Crippen molar-refractivity contribution in [3.63, 3.8) is 0 Å². The summed E-state index contributed by atoms with van der Waals surface area (Å²) in [6.45, 7) is 12.0. The third kappa shape index (κ3) is 10.2. The third-order valence-electron chi connectivity index (χ3n) is 7.75. The molecule has 0 aliphatic carbocycles. The molecule has 4 aromatic heterocycles. The quantitative estimate of drug-likeness (QED) is 0.0256. The number of aromatic amines is 1. The van der Waals surface area contributed by atoms with Crippen LogP contribution >= 0.6 is 46.8 Å². The van der Waals surface area contributed by atoms with E-state index in [0.29, 0.717) is 27.6 Å². The van der Waals surface area contributed by atoms with E-state index in [4.69, 9.17) is 61.9 Å². The summed E-state index contributed by atoms with van der Waals surface area (Å²) < 4.78 is 6.00. The number of nitrogens with one attached hydrogen (secondary N) is 1. The molecule has 0 radical (unpaired) electrons. The first-order valence-corrected chi connectivity index (χ1v) is 17.3. The Kier molecular flexibility index (Phi) is 14.8. The van der Waals surface area contributed by atoms with Gasteiger partial charge in [0, 0.05) is 27.9 Å². The van der Waals surface area contributed by atoms with Gasteiger partial charge in [-0.25, -0.2) is 4.98 Å². The molecule has 0 saturated heterocycles. The molecule has 4 heterocycles. The van der Waals surface area contributed by atoms with Crippen molar-refractivity contribution in [3.05, 3.63) is 110 Å². The van der Waals surface area contributed by atoms with Crippen LogP contribution in [0.2, 0.25) is 0 Å². The van der Waals surface area contributed by atoms with Crippen LogP contribution in [0.25, 0.3) is 32.4 Å². The highest BCUT2D eigenvalue weighted by atomic mass is 35.5. The molecule has 264 valence electrons. The zero-order valence-corrected chi connectivity index (χ0v) is 31.9. The fraction of sp³-hybridized carbons (Fsp3) is 0.194. The van der Waals surface area contributed by atoms with Gasteiger partial charge in [-0.15, -0.1) is 22.9 Å². The van der Waals surface area contributed by atoms with Gasteiger partial charge < -0.3 is 26.2 Å². The minimum atomic E-state index is -0.508. The fourth-order valence-corrected chi connectivity index (χ4v) is 5.99. The number of thiophene rings is 1. The second kappa shape index (κ2) is 18.7. The third-order valence-corrected chi connectivity index (χ3v) is 9.66. The van der Waals surface area contributed by atoms with Crippen LogP contribution in [0.3, 0.4) is 0 Å². The van der Waals surface area contributed by atoms with E-state index < -0.39 is 5.24 Å². The topological polar surface area (TPSA) is 193 Å². The second-order valence-corrected chi connectivity index (χ2v) is 13.0. The predicted molar refractivity (Wildman–Crippen MR) is 208 cm³/mol. The maximum Gasteiger partial charge on any atom is 0.270 e. The SMILES string of the molecule is Cc1[nH]c(=S)c(C#N)c(C)c1C.Cc1nc2sc(-c3nc(-c4ccccc4)no3)c(N)c2c(C)c1C.N/C(=N\O)c1ccccc1.O=C(Cl)CCl. The lowest BCUT2D eigenvalue weighted by atomic mass is 10.1. The minimum Gasteiger partial charge on any atom is -0.409 e. The van der Waals surface area contributed by atoms with E-state index in [9.17, 15) is 4.79 Å². The number of nitriles is 1. The average Bonchev–Trinajstić information content (AvgIpc) is 3.75. The number of pyridine rings is 2. The maximum absolute atomic E-state index is 9.45. The van der Waals surface area contributed by atoms with Gasteiger partial charge in [0.2, 0.25) is 11.1 Å². The van der Waals surface area contributed by atoms with Gasteiger partial charge in [0.25, 0.3) is 5.89 Å². The highest BCUT2D eigenvalue weighted by molar-refractivity contribution is 7.71. The summed E-state index contributed by atoms with van der Waals surface area (Å²) in [6, 6.07) is 20.9. The molecule has 11 nitrogen and oxygen atoms in total. The maximum atomic E-state index is 9.45. The molecule has 51 heavy (non-hydrogen) atoms. The first-order valence-electron chi connectivity index (χ1n) is 15.2. The van der Waals surface area contributed by atoms with Crippen molar-refractivity contribution in [2.45, 2.75) is 41.5 Å². The van der Waals surface area contributed by atoms with Crippen molar-refractivity contribution in [1.29, 1.82) is 5.26 Å². The monoisotopic (exact) mass is 762 g/mol. The number of carbonyl (C=O) groups excluding carboxylic acids is 1. The Labute approximate surface area is 314 Å². The molecule has 0 aliphatic heterocycles. The molecule has 6 aromatic rings. The second-order valence-electron chi connectivity index (χ2n) is 10.9. The molecule has 6 rings (SSSR count). The fourth-order valence-electron chi connectivity index (χ4n) is 4.51. The number of hydrogen-bond donors (Lipinski definition) is 4. The zero-order valence-electron chi connectivity index (χ0n) is 28.7. The Morgan fingerprint density at radius 1 is 1.00 bits per heavy atom. The molecule has 15 heteroatoms. The van der Waals surface area contributed by atoms with Crippen molar-refractivity contribution >= 4 is 73.7 Å². The number of fused-ring (bicyclic) bond motifs is 1. The Bertz CT molecular complexity index is 2260. The summed E-state index contributed by atoms with van der Waals surface area (Å²) in [6.07, 6.45) is 0. The molecular weight excluding hydrogens is 727 g/mol. The summed E-state index contributed by atoms with van der Waals surface area (Å²) in [5, 5.41) is 24.4. The molecule has 0 aliphatic rings. The van der Waals surface area contributed by atoms with Gasteiger partial charge in [0.15, 0.2) is 5.84 Å². The summed E-state index contributed by atoms with van der Waals surface area (Å²) in [5.41, 5.74) is 21.0. The molecular formula is C36H36Cl2N8O3S2. The van der Waals surface area contributed by atoms with Gasteiger partial charge in [-0.3, -0.25) is 4.79 Å². The summed E-state index contributed by atoms with van der Waals surface area (Å²) in [5.74, 6) is 1.03. The number of anilines is 1. The molecule has 0 fully saturated rings. The number of H-pyrrole nitrogens is 1. The van der Waals surface area contributed by atoms with Crippen LogP contribution in [0.1, 0.15) is 44.8 Å². The number of amidine groups is 1. The van der Waals surface area contributed by atoms with E-state index >= 15 is 0 Å². The zero-order chi connectivity index (χ0) is 37.8. The van der Waals surface area contributed by atoms with E-state index in [1.165, 1.54) is 11.3 Å². The number of rotatable bonds is 4. The number of nitrogens with two attached hydrogens (primary N) is 2. The average molecular weight is 764 g/mol. The van der Waals surface area contributed by atoms with Crippen LogP contribution in [0.4, 0.5) is 5.69 Å². The van der Waals surface area contributed by atoms with Crippen molar-refractivity contribution in [3.8, 4) is 28.2 Å². The van der Waals surface area contributed by atoms with Gasteiger partial charge in [-0.2, -0.15) is 10.2 Å². The summed E-state index contributed by atoms with van der Waals surface area (Å²) in [7, 11) is 0. The highest BCUT2D eigenvalue weighted by Gasteiger charge is 2.21. The Hall–Kier alpha value is -5.13. The van der Waals surface area contributed by atoms with Gasteiger partial charge in [0.05, 0.1) is 17.1 Å². The van der Waals surface area contributed by atoms with Crippen molar-refractivity contribution in [2.75, 3.05) is 11.6 Å². The Balaban J connectivity index is 0.000000217. The lowest BCUT2D eigenvalue weighted by molar-refractivity contribution is -0.109. The molecule has 0 spiro atoms. The summed E-state index contributed by atoms with van der Waals surface area (Å²) in [4.78, 5) is 23.3. The van der Waals surface area contributed by atoms with E-state index in [-0.39, 0.29) is 11.7 Å². The molecule has 0 unspecified atom stereocenters. The Morgan fingerprint density at radius 2 is 1.59 bits per heavy atom. The summed E-state index contributed by atoms with van der Waals surface area (Å²) >= 11 is 16.0. The number of nitrogens with zero attached hydrogens (tertiary/aromatic N) is 5. The predicted octanol–water partition coefficient (Wildman–Crippen LogP) is 8.83. The number of carbonyl (C=O) groups is 1. The number of halogens is 2. The van der Waals surface area contributed by atoms with Gasteiger partial charge >= 0.3 is 0 Å². The number of benzene rings is 2. The van der Waals surface area contributed by atoms with Crippen LogP contribution < -0.4 is 11.5 Å². The van der Waals surface area contributed by atoms with Crippen LogP contribution in [0, 0.1) is 57.5 Å². The van der Waals surface area contributed by atoms with Crippen LogP contribution in [-0.4, -0.2) is 42.3 Å². The smallest absolute Gasteiger partial charge is 0.270 e. The van der Waals surface area contributed by atoms with E-state index in [1.807, 2.05) is 76.2 Å². The number of aryl methyl sites for hydroxylation is 3. The number of aromatic nitrogens is 4. The number of alkyl halides is 1. The van der Waals surface area contributed by atoms with E-state index in [0.717, 1.165) is 59.9 Å². The van der Waals surface area contributed by atoms with Gasteiger partial charge in [-0.1, -0.05) is 83.2 Å². The lowest BCUT2D eigenvalue weighted by Crippen LogP contribution is -2.12. The largest absolute Gasteiger partial charge is 0.409 e. The van der Waals surface area contributed by atoms with E-state index in [1.54, 1.807) is 12.1 Å². The van der Waals surface area contributed by atoms with Crippen LogP contribution in [0.5, 0.6) is 0 Å². The van der Waals surface area contributed by atoms with Crippen molar-refractivity contribution in [1.82, 2.24) is 20.1 Å². The number of nitrogen functional groups attached to an aromatic ring is 1. The molecule has 2 aromatic carbocycles. The molecule has 6 N–H and O–H groups in total. The molecule has 0 saturated carbocycles. The normalized spacial score (nSPS) is 10.5. The van der Waals surface area contributed by atoms with Crippen LogP contribution in [0.15, 0.2) is 70.3 Å². The number of hydrogen-bond acceptors (Lipinski definition) is 11. The Morgan fingerprint density at radius 3 is 2.14 bits per heavy atom. The first kappa shape index (κ1) is 40.3.